The van der Waals surface area contributed by atoms with Crippen molar-refractivity contribution in [2.75, 3.05) is 26.8 Å². The first-order valence-electron chi connectivity index (χ1n) is 9.30. The molecule has 1 amide bonds. The van der Waals surface area contributed by atoms with Crippen LogP contribution in [0.15, 0.2) is 60.7 Å². The third-order valence-electron chi connectivity index (χ3n) is 4.90. The fourth-order valence-electron chi connectivity index (χ4n) is 3.40. The molecule has 0 aromatic heterocycles. The minimum absolute atomic E-state index is 0.0430. The summed E-state index contributed by atoms with van der Waals surface area (Å²) in [5, 5.41) is 0. The van der Waals surface area contributed by atoms with E-state index < -0.39 is 6.10 Å². The van der Waals surface area contributed by atoms with E-state index in [-0.39, 0.29) is 12.0 Å². The van der Waals surface area contributed by atoms with Gasteiger partial charge in [0.2, 0.25) is 0 Å². The number of methoxy groups -OCH3 is 1. The van der Waals surface area contributed by atoms with Gasteiger partial charge in [0.1, 0.15) is 0 Å². The summed E-state index contributed by atoms with van der Waals surface area (Å²) in [6.45, 7) is 2.18. The Morgan fingerprint density at radius 1 is 1.04 bits per heavy atom. The van der Waals surface area contributed by atoms with E-state index in [4.69, 9.17) is 9.47 Å². The lowest BCUT2D eigenvalue weighted by Crippen LogP contribution is -2.43. The van der Waals surface area contributed by atoms with Crippen molar-refractivity contribution in [1.82, 2.24) is 4.90 Å². The number of nitrogens with zero attached hydrogens (tertiary/aromatic N) is 1. The molecule has 4 heteroatoms. The smallest absolute Gasteiger partial charge is 0.256 e. The van der Waals surface area contributed by atoms with Crippen LogP contribution in [0.25, 0.3) is 0 Å². The first-order chi connectivity index (χ1) is 12.8. The van der Waals surface area contributed by atoms with Crippen molar-refractivity contribution >= 4 is 5.91 Å². The van der Waals surface area contributed by atoms with Gasteiger partial charge in [0.05, 0.1) is 12.7 Å². The van der Waals surface area contributed by atoms with Crippen LogP contribution in [0.4, 0.5) is 0 Å². The molecule has 26 heavy (non-hydrogen) atoms. The number of ether oxygens (including phenoxy) is 2. The maximum Gasteiger partial charge on any atom is 0.256 e. The number of hydrogen-bond acceptors (Lipinski definition) is 3. The molecule has 0 saturated carbocycles. The Labute approximate surface area is 155 Å². The van der Waals surface area contributed by atoms with Gasteiger partial charge in [-0.3, -0.25) is 4.79 Å². The molecule has 2 aromatic carbocycles. The predicted molar refractivity (Wildman–Crippen MR) is 102 cm³/mol. The summed E-state index contributed by atoms with van der Waals surface area (Å²) in [6.07, 6.45) is 2.41. The van der Waals surface area contributed by atoms with Crippen molar-refractivity contribution < 1.29 is 14.3 Å². The molecule has 1 atom stereocenters. The molecule has 2 aromatic rings. The van der Waals surface area contributed by atoms with Crippen LogP contribution in [0.1, 0.15) is 30.1 Å². The maximum absolute atomic E-state index is 12.8. The van der Waals surface area contributed by atoms with E-state index in [2.05, 4.69) is 24.3 Å². The topological polar surface area (TPSA) is 38.8 Å². The molecule has 1 fully saturated rings. The van der Waals surface area contributed by atoms with Gasteiger partial charge >= 0.3 is 0 Å². The molecule has 0 spiro atoms. The van der Waals surface area contributed by atoms with Crippen LogP contribution >= 0.6 is 0 Å². The highest BCUT2D eigenvalue weighted by Gasteiger charge is 2.29. The Morgan fingerprint density at radius 2 is 1.65 bits per heavy atom. The van der Waals surface area contributed by atoms with Crippen molar-refractivity contribution in [3.8, 4) is 0 Å². The van der Waals surface area contributed by atoms with Gasteiger partial charge in [-0.1, -0.05) is 60.7 Å². The van der Waals surface area contributed by atoms with Gasteiger partial charge in [-0.2, -0.15) is 0 Å². The summed E-state index contributed by atoms with van der Waals surface area (Å²) < 4.78 is 11.5. The predicted octanol–water partition coefficient (Wildman–Crippen LogP) is 3.62. The average Bonchev–Trinajstić information content (AvgIpc) is 2.71. The molecular formula is C22H27NO3. The van der Waals surface area contributed by atoms with Crippen LogP contribution in [0.3, 0.4) is 0 Å². The second-order valence-electron chi connectivity index (χ2n) is 6.66. The SMILES string of the molecule is COC(C(=O)N1CCC(OCCc2ccccc2)CC1)c1ccccc1. The van der Waals surface area contributed by atoms with Crippen molar-refractivity contribution in [2.24, 2.45) is 0 Å². The lowest BCUT2D eigenvalue weighted by atomic mass is 10.0. The summed E-state index contributed by atoms with van der Waals surface area (Å²) in [5.74, 6) is 0.0430. The fraction of sp³-hybridized carbons (Fsp3) is 0.409. The molecule has 4 nitrogen and oxygen atoms in total. The maximum atomic E-state index is 12.8. The van der Waals surface area contributed by atoms with Gasteiger partial charge < -0.3 is 14.4 Å². The largest absolute Gasteiger partial charge is 0.378 e. The molecular weight excluding hydrogens is 326 g/mol. The third-order valence-corrected chi connectivity index (χ3v) is 4.90. The van der Waals surface area contributed by atoms with Crippen molar-refractivity contribution in [3.05, 3.63) is 71.8 Å². The molecule has 0 N–H and O–H groups in total. The fourth-order valence-corrected chi connectivity index (χ4v) is 3.40. The quantitative estimate of drug-likeness (QED) is 0.763. The number of carbonyl (C=O) groups is 1. The molecule has 138 valence electrons. The Bertz CT molecular complexity index is 666. The van der Waals surface area contributed by atoms with Gasteiger partial charge in [0.15, 0.2) is 6.10 Å². The summed E-state index contributed by atoms with van der Waals surface area (Å²) in [5.41, 5.74) is 2.20. The molecule has 0 bridgehead atoms. The highest BCUT2D eigenvalue weighted by atomic mass is 16.5. The zero-order chi connectivity index (χ0) is 18.2. The van der Waals surface area contributed by atoms with E-state index in [0.29, 0.717) is 0 Å². The van der Waals surface area contributed by atoms with Crippen LogP contribution < -0.4 is 0 Å². The molecule has 1 saturated heterocycles. The van der Waals surface area contributed by atoms with Crippen LogP contribution in [-0.4, -0.2) is 43.7 Å². The Kier molecular flexibility index (Phi) is 6.81. The second kappa shape index (κ2) is 9.51. The van der Waals surface area contributed by atoms with E-state index in [1.165, 1.54) is 5.56 Å². The second-order valence-corrected chi connectivity index (χ2v) is 6.66. The minimum atomic E-state index is -0.522. The molecule has 1 unspecified atom stereocenters. The van der Waals surface area contributed by atoms with Crippen LogP contribution in [-0.2, 0) is 20.7 Å². The van der Waals surface area contributed by atoms with Crippen molar-refractivity contribution in [3.63, 3.8) is 0 Å². The molecule has 3 rings (SSSR count). The molecule has 1 aliphatic heterocycles. The Hall–Kier alpha value is -2.17. The van der Waals surface area contributed by atoms with E-state index in [9.17, 15) is 4.79 Å². The van der Waals surface area contributed by atoms with Gasteiger partial charge in [0.25, 0.3) is 5.91 Å². The highest BCUT2D eigenvalue weighted by Crippen LogP contribution is 2.22. The van der Waals surface area contributed by atoms with Gasteiger partial charge in [-0.25, -0.2) is 0 Å². The van der Waals surface area contributed by atoms with E-state index in [0.717, 1.165) is 44.5 Å². The summed E-state index contributed by atoms with van der Waals surface area (Å²) in [7, 11) is 1.59. The number of benzene rings is 2. The van der Waals surface area contributed by atoms with Crippen molar-refractivity contribution in [1.29, 1.82) is 0 Å². The van der Waals surface area contributed by atoms with Gasteiger partial charge in [0, 0.05) is 20.2 Å². The average molecular weight is 353 g/mol. The highest BCUT2D eigenvalue weighted by molar-refractivity contribution is 5.82. The molecule has 0 radical (unpaired) electrons. The summed E-state index contributed by atoms with van der Waals surface area (Å²) in [4.78, 5) is 14.7. The van der Waals surface area contributed by atoms with Crippen molar-refractivity contribution in [2.45, 2.75) is 31.5 Å². The summed E-state index contributed by atoms with van der Waals surface area (Å²) >= 11 is 0. The van der Waals surface area contributed by atoms with Gasteiger partial charge in [-0.05, 0) is 30.4 Å². The van der Waals surface area contributed by atoms with Gasteiger partial charge in [-0.15, -0.1) is 0 Å². The van der Waals surface area contributed by atoms with E-state index in [1.54, 1.807) is 7.11 Å². The normalized spacial score (nSPS) is 16.4. The number of piperidine rings is 1. The number of hydrogen-bond donors (Lipinski definition) is 0. The lowest BCUT2D eigenvalue weighted by Gasteiger charge is -2.34. The minimum Gasteiger partial charge on any atom is -0.378 e. The Morgan fingerprint density at radius 3 is 2.27 bits per heavy atom. The Balaban J connectivity index is 1.44. The first kappa shape index (κ1) is 18.6. The number of carbonyl (C=O) groups excluding carboxylic acids is 1. The number of likely N-dealkylation sites (tertiary alicyclic amines) is 1. The standard InChI is InChI=1S/C22H27NO3/c1-25-21(19-10-6-3-7-11-19)22(24)23-15-12-20(13-16-23)26-17-14-18-8-4-2-5-9-18/h2-11,20-21H,12-17H2,1H3. The monoisotopic (exact) mass is 353 g/mol. The third kappa shape index (κ3) is 4.93. The van der Waals surface area contributed by atoms with E-state index >= 15 is 0 Å². The van der Waals surface area contributed by atoms with Crippen LogP contribution in [0, 0.1) is 0 Å². The lowest BCUT2D eigenvalue weighted by molar-refractivity contribution is -0.145. The number of amides is 1. The molecule has 1 aliphatic rings. The molecule has 0 aliphatic carbocycles. The zero-order valence-electron chi connectivity index (χ0n) is 15.3. The molecule has 1 heterocycles. The zero-order valence-corrected chi connectivity index (χ0v) is 15.3. The number of rotatable bonds is 7. The first-order valence-corrected chi connectivity index (χ1v) is 9.30. The van der Waals surface area contributed by atoms with E-state index in [1.807, 2.05) is 41.3 Å². The van der Waals surface area contributed by atoms with Crippen LogP contribution in [0.5, 0.6) is 0 Å². The summed E-state index contributed by atoms with van der Waals surface area (Å²) in [6, 6.07) is 20.1. The van der Waals surface area contributed by atoms with Crippen LogP contribution in [0.2, 0.25) is 0 Å².